The second-order valence-electron chi connectivity index (χ2n) is 15.0. The molecule has 0 aliphatic heterocycles. The van der Waals surface area contributed by atoms with Gasteiger partial charge in [-0.1, -0.05) is 206 Å². The number of nitrogen functional groups attached to an aromatic ring is 1. The molecule has 2 atom stereocenters. The van der Waals surface area contributed by atoms with E-state index in [-0.39, 0.29) is 12.1 Å². The minimum atomic E-state index is -0.129. The van der Waals surface area contributed by atoms with Crippen molar-refractivity contribution < 1.29 is 0 Å². The van der Waals surface area contributed by atoms with Gasteiger partial charge in [-0.25, -0.2) is 0 Å². The molecule has 0 aromatic heterocycles. The van der Waals surface area contributed by atoms with Gasteiger partial charge in [0.2, 0.25) is 0 Å². The summed E-state index contributed by atoms with van der Waals surface area (Å²) in [5, 5.41) is 8.76. The molecule has 0 saturated heterocycles. The molecular formula is C55H49N3. The number of nitrogens with two attached hydrogens (primary N) is 2. The summed E-state index contributed by atoms with van der Waals surface area (Å²) < 4.78 is 0. The first-order valence-corrected chi connectivity index (χ1v) is 20.0. The summed E-state index contributed by atoms with van der Waals surface area (Å²) in [5.41, 5.74) is 27.3. The molecule has 0 fully saturated rings. The summed E-state index contributed by atoms with van der Waals surface area (Å²) in [6, 6.07) is 72.3. The molecule has 5 N–H and O–H groups in total. The molecule has 9 rings (SSSR count). The Morgan fingerprint density at radius 1 is 0.414 bits per heavy atom. The molecule has 0 saturated carbocycles. The van der Waals surface area contributed by atoms with E-state index in [2.05, 4.69) is 207 Å². The monoisotopic (exact) mass is 751 g/mol. The summed E-state index contributed by atoms with van der Waals surface area (Å²) in [7, 11) is 0. The maximum Gasteiger partial charge on any atom is 0.0605 e. The Labute approximate surface area is 342 Å². The standard InChI is InChI=1S/C31H28N2.C24H21N/c1-22-15-17-23(18-16-22)21-33-31(29-13-7-8-14-30(29)32)28-20-19-25(24-9-3-2-4-10-24)26-11-5-6-12-27(26)28;1-17-9-5-6-12-19(17)24(25)23-16-15-20(18-10-3-2-4-11-18)21-13-7-8-14-22(21)23/h2-20,31,33H,21,32H2,1H3;2-16,24H,25H2,1H3. The van der Waals surface area contributed by atoms with Crippen molar-refractivity contribution in [2.45, 2.75) is 32.5 Å². The highest BCUT2D eigenvalue weighted by molar-refractivity contribution is 6.00. The van der Waals surface area contributed by atoms with E-state index in [0.717, 1.165) is 17.8 Å². The zero-order chi connectivity index (χ0) is 39.8. The van der Waals surface area contributed by atoms with Crippen LogP contribution in [0.3, 0.4) is 0 Å². The molecule has 0 aliphatic rings. The van der Waals surface area contributed by atoms with Crippen LogP contribution in [0.2, 0.25) is 0 Å². The Balaban J connectivity index is 0.000000168. The van der Waals surface area contributed by atoms with Crippen LogP contribution in [0.4, 0.5) is 5.69 Å². The third-order valence-electron chi connectivity index (χ3n) is 11.2. The minimum absolute atomic E-state index is 0.0257. The Morgan fingerprint density at radius 2 is 0.879 bits per heavy atom. The van der Waals surface area contributed by atoms with Gasteiger partial charge in [0.1, 0.15) is 0 Å². The lowest BCUT2D eigenvalue weighted by Crippen LogP contribution is -2.23. The second kappa shape index (κ2) is 17.6. The van der Waals surface area contributed by atoms with Gasteiger partial charge in [-0.3, -0.25) is 0 Å². The summed E-state index contributed by atoms with van der Waals surface area (Å²) >= 11 is 0. The lowest BCUT2D eigenvalue weighted by Gasteiger charge is -2.24. The highest BCUT2D eigenvalue weighted by Gasteiger charge is 2.20. The van der Waals surface area contributed by atoms with Crippen molar-refractivity contribution in [3.8, 4) is 22.3 Å². The quantitative estimate of drug-likeness (QED) is 0.129. The fourth-order valence-electron chi connectivity index (χ4n) is 8.10. The molecule has 3 heteroatoms. The Bertz CT molecular complexity index is 2770. The molecule has 0 aliphatic carbocycles. The van der Waals surface area contributed by atoms with E-state index in [0.29, 0.717) is 0 Å². The molecule has 9 aromatic rings. The largest absolute Gasteiger partial charge is 0.398 e. The van der Waals surface area contributed by atoms with Gasteiger partial charge < -0.3 is 16.8 Å². The maximum atomic E-state index is 6.67. The van der Waals surface area contributed by atoms with Gasteiger partial charge in [-0.2, -0.15) is 0 Å². The topological polar surface area (TPSA) is 64.1 Å². The van der Waals surface area contributed by atoms with Crippen LogP contribution in [0.1, 0.15) is 51.0 Å². The van der Waals surface area contributed by atoms with Gasteiger partial charge in [-0.05, 0) is 97.1 Å². The van der Waals surface area contributed by atoms with E-state index >= 15 is 0 Å². The predicted molar refractivity (Wildman–Crippen MR) is 247 cm³/mol. The highest BCUT2D eigenvalue weighted by atomic mass is 14.9. The summed E-state index contributed by atoms with van der Waals surface area (Å²) in [5.74, 6) is 0. The summed E-state index contributed by atoms with van der Waals surface area (Å²) in [6.45, 7) is 4.99. The Hall–Kier alpha value is -6.78. The van der Waals surface area contributed by atoms with Gasteiger partial charge in [0.25, 0.3) is 0 Å². The first kappa shape index (κ1) is 38.1. The van der Waals surface area contributed by atoms with Crippen molar-refractivity contribution in [1.82, 2.24) is 5.32 Å². The molecule has 0 spiro atoms. The molecule has 9 aromatic carbocycles. The fraction of sp³-hybridized carbons (Fsp3) is 0.0909. The Morgan fingerprint density at radius 3 is 1.45 bits per heavy atom. The average molecular weight is 752 g/mol. The summed E-state index contributed by atoms with van der Waals surface area (Å²) in [6.07, 6.45) is 0. The predicted octanol–water partition coefficient (Wildman–Crippen LogP) is 13.1. The number of hydrogen-bond donors (Lipinski definition) is 3. The minimum Gasteiger partial charge on any atom is -0.398 e. The van der Waals surface area contributed by atoms with Crippen LogP contribution in [0.25, 0.3) is 43.8 Å². The average Bonchev–Trinajstić information content (AvgIpc) is 3.28. The summed E-state index contributed by atoms with van der Waals surface area (Å²) in [4.78, 5) is 0. The second-order valence-corrected chi connectivity index (χ2v) is 15.0. The van der Waals surface area contributed by atoms with Crippen LogP contribution in [0.5, 0.6) is 0 Å². The zero-order valence-electron chi connectivity index (χ0n) is 33.1. The van der Waals surface area contributed by atoms with Gasteiger partial charge in [-0.15, -0.1) is 0 Å². The normalized spacial score (nSPS) is 12.1. The number of benzene rings is 9. The van der Waals surface area contributed by atoms with Crippen molar-refractivity contribution in [3.05, 3.63) is 245 Å². The molecular weight excluding hydrogens is 703 g/mol. The van der Waals surface area contributed by atoms with E-state index in [4.69, 9.17) is 11.5 Å². The van der Waals surface area contributed by atoms with Crippen LogP contribution >= 0.6 is 0 Å². The fourth-order valence-corrected chi connectivity index (χ4v) is 8.10. The van der Waals surface area contributed by atoms with Crippen LogP contribution < -0.4 is 16.8 Å². The third-order valence-corrected chi connectivity index (χ3v) is 11.2. The smallest absolute Gasteiger partial charge is 0.0605 e. The van der Waals surface area contributed by atoms with Gasteiger partial charge in [0, 0.05) is 12.2 Å². The highest BCUT2D eigenvalue weighted by Crippen LogP contribution is 2.38. The van der Waals surface area contributed by atoms with Gasteiger partial charge in [0.05, 0.1) is 12.1 Å². The van der Waals surface area contributed by atoms with Crippen LogP contribution in [0, 0.1) is 13.8 Å². The number of fused-ring (bicyclic) bond motifs is 2. The molecule has 0 heterocycles. The molecule has 2 unspecified atom stereocenters. The molecule has 0 amide bonds. The number of para-hydroxylation sites is 1. The van der Waals surface area contributed by atoms with E-state index in [1.54, 1.807) is 0 Å². The molecule has 58 heavy (non-hydrogen) atoms. The lowest BCUT2D eigenvalue weighted by molar-refractivity contribution is 0.610. The maximum absolute atomic E-state index is 6.67. The molecule has 284 valence electrons. The lowest BCUT2D eigenvalue weighted by atomic mass is 9.89. The number of anilines is 1. The van der Waals surface area contributed by atoms with E-state index in [1.165, 1.54) is 77.2 Å². The molecule has 0 radical (unpaired) electrons. The third kappa shape index (κ3) is 8.19. The molecule has 0 bridgehead atoms. The van der Waals surface area contributed by atoms with Crippen molar-refractivity contribution in [3.63, 3.8) is 0 Å². The van der Waals surface area contributed by atoms with Gasteiger partial charge >= 0.3 is 0 Å². The first-order chi connectivity index (χ1) is 28.5. The Kier molecular flexibility index (Phi) is 11.5. The van der Waals surface area contributed by atoms with Crippen molar-refractivity contribution in [2.75, 3.05) is 5.73 Å². The van der Waals surface area contributed by atoms with Gasteiger partial charge in [0.15, 0.2) is 0 Å². The van der Waals surface area contributed by atoms with Crippen molar-refractivity contribution in [1.29, 1.82) is 0 Å². The van der Waals surface area contributed by atoms with E-state index in [9.17, 15) is 0 Å². The van der Waals surface area contributed by atoms with E-state index < -0.39 is 0 Å². The SMILES string of the molecule is Cc1ccc(CNC(c2ccccc2N)c2ccc(-c3ccccc3)c3ccccc23)cc1.Cc1ccccc1C(N)c1ccc(-c2ccccc2)c2ccccc12. The van der Waals surface area contributed by atoms with Crippen molar-refractivity contribution in [2.24, 2.45) is 5.73 Å². The van der Waals surface area contributed by atoms with Crippen LogP contribution in [0.15, 0.2) is 206 Å². The molecule has 3 nitrogen and oxygen atoms in total. The van der Waals surface area contributed by atoms with E-state index in [1.807, 2.05) is 18.2 Å². The van der Waals surface area contributed by atoms with Crippen molar-refractivity contribution >= 4 is 27.2 Å². The number of hydrogen-bond acceptors (Lipinski definition) is 3. The van der Waals surface area contributed by atoms with Crippen LogP contribution in [-0.2, 0) is 6.54 Å². The first-order valence-electron chi connectivity index (χ1n) is 20.0. The zero-order valence-corrected chi connectivity index (χ0v) is 33.1. The number of rotatable bonds is 9. The number of nitrogens with one attached hydrogen (secondary N) is 1. The van der Waals surface area contributed by atoms with Crippen LogP contribution in [-0.4, -0.2) is 0 Å². The number of aryl methyl sites for hydroxylation is 2.